The molecular formula is C56H84O2. The summed E-state index contributed by atoms with van der Waals surface area (Å²) in [7, 11) is 0. The summed E-state index contributed by atoms with van der Waals surface area (Å²) in [4.78, 5) is 0. The van der Waals surface area contributed by atoms with Gasteiger partial charge in [-0.05, 0) is 187 Å². The smallest absolute Gasteiger partial charge is 0.123 e. The summed E-state index contributed by atoms with van der Waals surface area (Å²) in [6, 6.07) is 11.4. The van der Waals surface area contributed by atoms with E-state index in [1.165, 1.54) is 83.9 Å². The predicted octanol–water partition coefficient (Wildman–Crippen LogP) is 15.4. The first kappa shape index (κ1) is 47.6. The summed E-state index contributed by atoms with van der Waals surface area (Å²) in [6.07, 6.45) is 23.5. The fraction of sp³-hybridized carbons (Fsp3) is 0.607. The molecule has 4 atom stereocenters. The van der Waals surface area contributed by atoms with Crippen LogP contribution in [0, 0.1) is 42.4 Å². The summed E-state index contributed by atoms with van der Waals surface area (Å²) in [5.74, 6) is 3.16. The number of fused-ring (bicyclic) bond motifs is 2. The fourth-order valence-electron chi connectivity index (χ4n) is 10.3. The first-order chi connectivity index (χ1) is 26.5. The molecule has 4 aliphatic rings. The zero-order valence-corrected chi connectivity index (χ0v) is 39.9. The molecule has 1 fully saturated rings. The van der Waals surface area contributed by atoms with Crippen molar-refractivity contribution < 1.29 is 10.2 Å². The van der Waals surface area contributed by atoms with E-state index in [0.29, 0.717) is 33.5 Å². The van der Waals surface area contributed by atoms with Gasteiger partial charge in [-0.3, -0.25) is 0 Å². The molecule has 320 valence electrons. The summed E-state index contributed by atoms with van der Waals surface area (Å²) in [5.41, 5.74) is 17.4. The quantitative estimate of drug-likeness (QED) is 0.211. The highest BCUT2D eigenvalue weighted by Gasteiger charge is 2.42. The molecule has 2 N–H and O–H groups in total. The lowest BCUT2D eigenvalue weighted by atomic mass is 9.57. The molecule has 0 saturated heterocycles. The lowest BCUT2D eigenvalue weighted by molar-refractivity contribution is 0.200. The Morgan fingerprint density at radius 2 is 1.38 bits per heavy atom. The topological polar surface area (TPSA) is 40.7 Å². The maximum absolute atomic E-state index is 6.35. The summed E-state index contributed by atoms with van der Waals surface area (Å²) >= 11 is 0. The van der Waals surface area contributed by atoms with Gasteiger partial charge >= 0.3 is 0 Å². The first-order valence-electron chi connectivity index (χ1n) is 22.9. The van der Waals surface area contributed by atoms with E-state index in [1.54, 1.807) is 22.3 Å². The standard InChI is InChI=1S/C32H50O.C24H32.H2O/c1-10-27-23(3)14-12-16-30(27)33-25(5)15-11-13-22(2)19-26-21-29-28(20-24(26)4)31(6,7)17-18-32(29,8)9;1-16(2)19-9-8-18(13-19)14-20-15-22-21(12-17(20)3)23(4,5)10-11-24(22,6)7;/h12,14,16,20-22,24-26H,10-11,13,15,17-19H2,1-9H3;8-9,12,15H,1,10-11,13-14H2,2-7H3;1H2. The molecule has 2 aromatic rings. The number of allylic oxidation sites excluding steroid dienone is 9. The van der Waals surface area contributed by atoms with Gasteiger partial charge in [0.15, 0.2) is 0 Å². The molecule has 1 saturated carbocycles. The maximum atomic E-state index is 6.35. The highest BCUT2D eigenvalue weighted by atomic mass is 16.5. The molecule has 0 bridgehead atoms. The minimum atomic E-state index is 0. The van der Waals surface area contributed by atoms with Gasteiger partial charge in [-0.15, -0.1) is 0 Å². The van der Waals surface area contributed by atoms with Crippen molar-refractivity contribution in [1.29, 1.82) is 0 Å². The van der Waals surface area contributed by atoms with Crippen molar-refractivity contribution in [3.63, 3.8) is 0 Å². The van der Waals surface area contributed by atoms with E-state index in [2.05, 4.69) is 165 Å². The average molecular weight is 789 g/mol. The minimum Gasteiger partial charge on any atom is -0.490 e. The van der Waals surface area contributed by atoms with E-state index in [9.17, 15) is 0 Å². The fourth-order valence-corrected chi connectivity index (χ4v) is 10.3. The number of hydrogen-bond acceptors (Lipinski definition) is 1. The van der Waals surface area contributed by atoms with E-state index in [1.807, 2.05) is 0 Å². The van der Waals surface area contributed by atoms with Crippen LogP contribution in [0.5, 0.6) is 5.75 Å². The van der Waals surface area contributed by atoms with Crippen LogP contribution >= 0.6 is 0 Å². The molecule has 58 heavy (non-hydrogen) atoms. The van der Waals surface area contributed by atoms with Gasteiger partial charge in [-0.1, -0.05) is 149 Å². The van der Waals surface area contributed by atoms with Crippen molar-refractivity contribution in [2.24, 2.45) is 28.6 Å². The SMILES string of the molecule is C=C(C)C1=CC=C(Cc2cc3c(cc2C)C(C)(C)CCC3(C)C)C1.CCc1c(C)cccc1OC(C)CCCC(C)CC1C=C2C(=CC1C)C(C)(C)CCC2(C)C.O. The summed E-state index contributed by atoms with van der Waals surface area (Å²) in [5, 5.41) is 0. The van der Waals surface area contributed by atoms with Crippen LogP contribution in [0.2, 0.25) is 0 Å². The second-order valence-electron chi connectivity index (χ2n) is 21.8. The maximum Gasteiger partial charge on any atom is 0.123 e. The third-order valence-corrected chi connectivity index (χ3v) is 14.9. The van der Waals surface area contributed by atoms with Gasteiger partial charge in [0.2, 0.25) is 0 Å². The molecule has 0 radical (unpaired) electrons. The van der Waals surface area contributed by atoms with Gasteiger partial charge in [0.05, 0.1) is 6.10 Å². The largest absolute Gasteiger partial charge is 0.490 e. The highest BCUT2D eigenvalue weighted by Crippen LogP contribution is 2.55. The van der Waals surface area contributed by atoms with Crippen molar-refractivity contribution in [3.8, 4) is 5.75 Å². The molecule has 6 rings (SSSR count). The Bertz CT molecular complexity index is 1900. The average Bonchev–Trinajstić information content (AvgIpc) is 3.60. The van der Waals surface area contributed by atoms with Crippen LogP contribution in [-0.4, -0.2) is 11.6 Å². The molecule has 2 nitrogen and oxygen atoms in total. The van der Waals surface area contributed by atoms with Gasteiger partial charge in [0, 0.05) is 0 Å². The van der Waals surface area contributed by atoms with E-state index in [4.69, 9.17) is 4.74 Å². The molecule has 2 heteroatoms. The Hall–Kier alpha value is -3.10. The summed E-state index contributed by atoms with van der Waals surface area (Å²) < 4.78 is 6.35. The van der Waals surface area contributed by atoms with Gasteiger partial charge in [0.25, 0.3) is 0 Å². The monoisotopic (exact) mass is 789 g/mol. The molecule has 4 unspecified atom stereocenters. The van der Waals surface area contributed by atoms with E-state index in [0.717, 1.165) is 37.4 Å². The number of hydrogen-bond donors (Lipinski definition) is 0. The Kier molecular flexibility index (Phi) is 15.3. The van der Waals surface area contributed by atoms with Gasteiger partial charge in [-0.2, -0.15) is 0 Å². The van der Waals surface area contributed by atoms with Gasteiger partial charge in [0.1, 0.15) is 5.75 Å². The lowest BCUT2D eigenvalue weighted by Crippen LogP contribution is -2.35. The zero-order valence-electron chi connectivity index (χ0n) is 39.9. The van der Waals surface area contributed by atoms with E-state index < -0.39 is 0 Å². The predicted molar refractivity (Wildman–Crippen MR) is 253 cm³/mol. The molecule has 0 amide bonds. The molecule has 0 spiro atoms. The second-order valence-corrected chi connectivity index (χ2v) is 21.8. The van der Waals surface area contributed by atoms with Crippen molar-refractivity contribution in [2.75, 3.05) is 0 Å². The van der Waals surface area contributed by atoms with Crippen molar-refractivity contribution in [1.82, 2.24) is 0 Å². The Morgan fingerprint density at radius 1 is 0.793 bits per heavy atom. The normalized spacial score (nSPS) is 23.2. The van der Waals surface area contributed by atoms with Crippen molar-refractivity contribution in [2.45, 2.75) is 191 Å². The third-order valence-electron chi connectivity index (χ3n) is 14.9. The van der Waals surface area contributed by atoms with Gasteiger partial charge < -0.3 is 10.2 Å². The van der Waals surface area contributed by atoms with Gasteiger partial charge in [-0.25, -0.2) is 0 Å². The van der Waals surface area contributed by atoms with Crippen LogP contribution in [-0.2, 0) is 23.7 Å². The van der Waals surface area contributed by atoms with E-state index in [-0.39, 0.29) is 11.6 Å². The van der Waals surface area contributed by atoms with E-state index >= 15 is 0 Å². The minimum absolute atomic E-state index is 0. The summed E-state index contributed by atoms with van der Waals surface area (Å²) in [6.45, 7) is 39.5. The Labute approximate surface area is 357 Å². The van der Waals surface area contributed by atoms with Crippen LogP contribution in [0.25, 0.3) is 0 Å². The molecule has 2 aromatic carbocycles. The Morgan fingerprint density at radius 3 is 1.97 bits per heavy atom. The lowest BCUT2D eigenvalue weighted by Gasteiger charge is -2.47. The van der Waals surface area contributed by atoms with Crippen molar-refractivity contribution in [3.05, 3.63) is 122 Å². The van der Waals surface area contributed by atoms with Crippen LogP contribution < -0.4 is 4.74 Å². The second kappa shape index (κ2) is 18.7. The number of aryl methyl sites for hydroxylation is 2. The van der Waals surface area contributed by atoms with Crippen LogP contribution in [0.4, 0.5) is 0 Å². The van der Waals surface area contributed by atoms with Crippen LogP contribution in [0.1, 0.15) is 181 Å². The zero-order chi connectivity index (χ0) is 42.1. The molecule has 0 aliphatic heterocycles. The van der Waals surface area contributed by atoms with Crippen LogP contribution in [0.15, 0.2) is 89.1 Å². The van der Waals surface area contributed by atoms with Crippen molar-refractivity contribution >= 4 is 0 Å². The number of ether oxygens (including phenoxy) is 1. The molecular weight excluding hydrogens is 705 g/mol. The molecule has 0 heterocycles. The number of benzene rings is 2. The highest BCUT2D eigenvalue weighted by molar-refractivity contribution is 5.50. The first-order valence-corrected chi connectivity index (χ1v) is 22.9. The third kappa shape index (κ3) is 11.0. The Balaban J connectivity index is 0.000000264. The molecule has 4 aliphatic carbocycles. The molecule has 0 aromatic heterocycles. The number of rotatable bonds is 12. The van der Waals surface area contributed by atoms with Crippen LogP contribution in [0.3, 0.4) is 0 Å².